The number of benzene rings is 2. The molecule has 12 heteroatoms. The first kappa shape index (κ1) is 23.9. The fraction of sp³-hybridized carbons (Fsp3) is 0.250. The van der Waals surface area contributed by atoms with Crippen molar-refractivity contribution in [3.63, 3.8) is 0 Å². The van der Waals surface area contributed by atoms with E-state index in [1.165, 1.54) is 12.1 Å². The molecule has 2 aromatic carbocycles. The van der Waals surface area contributed by atoms with Gasteiger partial charge in [0.1, 0.15) is 5.82 Å². The second-order valence-electron chi connectivity index (χ2n) is 8.61. The maximum absolute atomic E-state index is 14.1. The van der Waals surface area contributed by atoms with Gasteiger partial charge in [0.05, 0.1) is 28.3 Å². The second-order valence-corrected chi connectivity index (χ2v) is 9.05. The first-order valence-electron chi connectivity index (χ1n) is 11.1. The van der Waals surface area contributed by atoms with Crippen LogP contribution in [-0.2, 0) is 19.0 Å². The normalized spacial score (nSPS) is 14.1. The molecule has 0 saturated carbocycles. The molecule has 1 atom stereocenters. The number of hydrogen-bond acceptors (Lipinski definition) is 4. The highest BCUT2D eigenvalue weighted by molar-refractivity contribution is 6.31. The van der Waals surface area contributed by atoms with E-state index in [-0.39, 0.29) is 16.9 Å². The zero-order valence-corrected chi connectivity index (χ0v) is 19.7. The summed E-state index contributed by atoms with van der Waals surface area (Å²) in [5.74, 6) is -1.07. The van der Waals surface area contributed by atoms with E-state index in [1.54, 1.807) is 25.1 Å². The fourth-order valence-corrected chi connectivity index (χ4v) is 4.65. The molecule has 0 saturated heterocycles. The van der Waals surface area contributed by atoms with Crippen LogP contribution in [0.5, 0.6) is 0 Å². The molecular weight excluding hydrogens is 497 g/mol. The van der Waals surface area contributed by atoms with Gasteiger partial charge in [0.15, 0.2) is 5.69 Å². The molecule has 0 bridgehead atoms. The van der Waals surface area contributed by atoms with Gasteiger partial charge in [-0.1, -0.05) is 11.6 Å². The van der Waals surface area contributed by atoms with Crippen molar-refractivity contribution in [3.05, 3.63) is 75.3 Å². The molecule has 186 valence electrons. The zero-order valence-electron chi connectivity index (χ0n) is 18.9. The Balaban J connectivity index is 1.47. The van der Waals surface area contributed by atoms with Crippen LogP contribution in [0, 0.1) is 0 Å². The highest BCUT2D eigenvalue weighted by Gasteiger charge is 2.37. The summed E-state index contributed by atoms with van der Waals surface area (Å²) < 4.78 is 43.4. The number of aromatic nitrogens is 4. The summed E-state index contributed by atoms with van der Waals surface area (Å²) in [4.78, 5) is 32.1. The molecule has 0 radical (unpaired) electrons. The van der Waals surface area contributed by atoms with Crippen LogP contribution in [0.1, 0.15) is 62.9 Å². The summed E-state index contributed by atoms with van der Waals surface area (Å²) in [6, 6.07) is 7.72. The van der Waals surface area contributed by atoms with E-state index < -0.39 is 29.6 Å². The van der Waals surface area contributed by atoms with E-state index in [4.69, 9.17) is 17.3 Å². The number of nitrogens with zero attached hydrogens (tertiary/aromatic N) is 3. The second kappa shape index (κ2) is 8.66. The molecule has 0 aliphatic heterocycles. The van der Waals surface area contributed by atoms with E-state index in [0.717, 1.165) is 10.7 Å². The number of H-pyrrole nitrogens is 1. The van der Waals surface area contributed by atoms with Gasteiger partial charge < -0.3 is 16.0 Å². The van der Waals surface area contributed by atoms with Crippen molar-refractivity contribution in [2.45, 2.75) is 38.4 Å². The van der Waals surface area contributed by atoms with Crippen LogP contribution in [0.25, 0.3) is 16.7 Å². The lowest BCUT2D eigenvalue weighted by molar-refractivity contribution is -0.137. The minimum absolute atomic E-state index is 0.0293. The quantitative estimate of drug-likeness (QED) is 0.362. The van der Waals surface area contributed by atoms with Crippen molar-refractivity contribution in [2.75, 3.05) is 0 Å². The largest absolute Gasteiger partial charge is 0.418 e. The van der Waals surface area contributed by atoms with Crippen LogP contribution in [0.15, 0.2) is 36.4 Å². The minimum Gasteiger partial charge on any atom is -0.364 e. The first-order chi connectivity index (χ1) is 17.0. The van der Waals surface area contributed by atoms with E-state index in [9.17, 15) is 22.8 Å². The lowest BCUT2D eigenvalue weighted by atomic mass is 10.1. The van der Waals surface area contributed by atoms with Gasteiger partial charge >= 0.3 is 6.18 Å². The monoisotopic (exact) mass is 516 g/mol. The number of primary amides is 1. The molecule has 2 amide bonds. The summed E-state index contributed by atoms with van der Waals surface area (Å²) in [6.07, 6.45) is -3.11. The Hall–Kier alpha value is -3.86. The number of carbonyl (C=O) groups is 2. The number of carbonyl (C=O) groups excluding carboxylic acids is 2. The fourth-order valence-electron chi connectivity index (χ4n) is 4.48. The van der Waals surface area contributed by atoms with Gasteiger partial charge in [0.25, 0.3) is 11.8 Å². The molecule has 1 unspecified atom stereocenters. The van der Waals surface area contributed by atoms with Gasteiger partial charge in [-0.05, 0) is 62.6 Å². The minimum atomic E-state index is -4.78. The van der Waals surface area contributed by atoms with E-state index in [1.807, 2.05) is 0 Å². The van der Waals surface area contributed by atoms with E-state index in [2.05, 4.69) is 20.4 Å². The average molecular weight is 517 g/mol. The number of halogens is 4. The van der Waals surface area contributed by atoms with Gasteiger partial charge in [-0.3, -0.25) is 9.59 Å². The average Bonchev–Trinajstić information content (AvgIpc) is 3.52. The maximum atomic E-state index is 14.1. The molecule has 4 aromatic rings. The van der Waals surface area contributed by atoms with Crippen molar-refractivity contribution in [1.82, 2.24) is 25.1 Å². The first-order valence-corrected chi connectivity index (χ1v) is 11.5. The van der Waals surface area contributed by atoms with Crippen molar-refractivity contribution >= 4 is 34.4 Å². The molecule has 0 spiro atoms. The van der Waals surface area contributed by atoms with E-state index in [0.29, 0.717) is 52.4 Å². The third-order valence-corrected chi connectivity index (χ3v) is 6.41. The highest BCUT2D eigenvalue weighted by atomic mass is 35.5. The third kappa shape index (κ3) is 4.19. The summed E-state index contributed by atoms with van der Waals surface area (Å²) in [5.41, 5.74) is 6.25. The maximum Gasteiger partial charge on any atom is 0.418 e. The lowest BCUT2D eigenvalue weighted by Gasteiger charge is -2.17. The van der Waals surface area contributed by atoms with Crippen molar-refractivity contribution < 1.29 is 22.8 Å². The molecule has 2 heterocycles. The number of fused-ring (bicyclic) bond motifs is 2. The van der Waals surface area contributed by atoms with Crippen LogP contribution in [-0.4, -0.2) is 31.6 Å². The lowest BCUT2D eigenvalue weighted by Crippen LogP contribution is -2.28. The van der Waals surface area contributed by atoms with Crippen molar-refractivity contribution in [2.24, 2.45) is 5.73 Å². The highest BCUT2D eigenvalue weighted by Crippen LogP contribution is 2.37. The summed E-state index contributed by atoms with van der Waals surface area (Å²) in [5, 5.41) is 7.27. The molecule has 2 aromatic heterocycles. The topological polar surface area (TPSA) is 119 Å². The number of imidazole rings is 1. The van der Waals surface area contributed by atoms with Crippen LogP contribution in [0.4, 0.5) is 13.2 Å². The predicted molar refractivity (Wildman–Crippen MR) is 126 cm³/mol. The zero-order chi connectivity index (χ0) is 25.8. The van der Waals surface area contributed by atoms with Gasteiger partial charge in [-0.25, -0.2) is 9.67 Å². The number of hydrogen-bond donors (Lipinski definition) is 3. The van der Waals surface area contributed by atoms with Gasteiger partial charge in [0.2, 0.25) is 0 Å². The Morgan fingerprint density at radius 3 is 2.69 bits per heavy atom. The Labute approximate surface area is 207 Å². The van der Waals surface area contributed by atoms with Gasteiger partial charge in [-0.15, -0.1) is 0 Å². The molecule has 8 nitrogen and oxygen atoms in total. The summed E-state index contributed by atoms with van der Waals surface area (Å²) in [6.45, 7) is 1.66. The Kier molecular flexibility index (Phi) is 5.74. The van der Waals surface area contributed by atoms with Crippen LogP contribution in [0.3, 0.4) is 0 Å². The molecule has 36 heavy (non-hydrogen) atoms. The van der Waals surface area contributed by atoms with Crippen molar-refractivity contribution in [3.8, 4) is 5.69 Å². The Morgan fingerprint density at radius 2 is 1.97 bits per heavy atom. The Bertz CT molecular complexity index is 1520. The number of aromatic amines is 1. The van der Waals surface area contributed by atoms with Crippen LogP contribution < -0.4 is 11.1 Å². The number of nitrogens with two attached hydrogens (primary N) is 1. The summed E-state index contributed by atoms with van der Waals surface area (Å²) >= 11 is 5.99. The van der Waals surface area contributed by atoms with Crippen molar-refractivity contribution in [1.29, 1.82) is 0 Å². The SMILES string of the molecule is CC(NC(=O)c1ccc(-n2nc(C(N)=O)c3c2CCC3)c(C(F)(F)F)c1)c1nc2ccc(Cl)cc2[nH]1. The number of amides is 2. The summed E-state index contributed by atoms with van der Waals surface area (Å²) in [7, 11) is 0. The van der Waals surface area contributed by atoms with Crippen LogP contribution >= 0.6 is 11.6 Å². The van der Waals surface area contributed by atoms with Gasteiger partial charge in [0, 0.05) is 21.8 Å². The van der Waals surface area contributed by atoms with Gasteiger partial charge in [-0.2, -0.15) is 18.3 Å². The molecule has 1 aliphatic rings. The molecular formula is C24H20ClF3N6O2. The number of rotatable bonds is 5. The Morgan fingerprint density at radius 1 is 1.19 bits per heavy atom. The predicted octanol–water partition coefficient (Wildman–Crippen LogP) is 4.50. The number of alkyl halides is 3. The van der Waals surface area contributed by atoms with E-state index >= 15 is 0 Å². The third-order valence-electron chi connectivity index (χ3n) is 6.18. The number of nitrogens with one attached hydrogen (secondary N) is 2. The van der Waals surface area contributed by atoms with Crippen LogP contribution in [0.2, 0.25) is 5.02 Å². The smallest absolute Gasteiger partial charge is 0.364 e. The molecule has 5 rings (SSSR count). The molecule has 0 fully saturated rings. The molecule has 1 aliphatic carbocycles. The standard InChI is InChI=1S/C24H20ClF3N6O2/c1-11(22-31-16-7-6-13(25)10-17(16)32-22)30-23(36)12-5-8-19(15(9-12)24(26,27)28)34-18-4-2-3-14(18)20(33-34)21(29)35/h5-11H,2-4H2,1H3,(H2,29,35)(H,30,36)(H,31,32). The molecule has 4 N–H and O–H groups in total.